The molecule has 0 saturated carbocycles. The van der Waals surface area contributed by atoms with Crippen LogP contribution in [-0.4, -0.2) is 79.9 Å². The number of hydrogen-bond donors (Lipinski definition) is 2. The average Bonchev–Trinajstić information content (AvgIpc) is 2.62. The van der Waals surface area contributed by atoms with Gasteiger partial charge in [-0.15, -0.1) is 0 Å². The maximum atomic E-state index is 11.9. The van der Waals surface area contributed by atoms with Crippen LogP contribution in [0, 0.1) is 0 Å². The van der Waals surface area contributed by atoms with Gasteiger partial charge < -0.3 is 20.4 Å². The second kappa shape index (κ2) is 10.2. The summed E-state index contributed by atoms with van der Waals surface area (Å²) in [4.78, 5) is 25.5. The number of rotatable bonds is 8. The molecule has 0 saturated heterocycles. The second-order valence-electron chi connectivity index (χ2n) is 6.17. The third-order valence-corrected chi connectivity index (χ3v) is 4.46. The van der Waals surface area contributed by atoms with Crippen LogP contribution < -0.4 is 10.6 Å². The van der Waals surface area contributed by atoms with Gasteiger partial charge in [0.05, 0.1) is 11.7 Å². The van der Waals surface area contributed by atoms with Gasteiger partial charge >= 0.3 is 6.03 Å². The maximum absolute atomic E-state index is 11.9. The number of nitrogens with one attached hydrogen (secondary N) is 2. The summed E-state index contributed by atoms with van der Waals surface area (Å²) in [6.45, 7) is 11.2. The number of carbonyl (C=O) groups is 1. The Balaban J connectivity index is 1.60. The first-order valence-electron chi connectivity index (χ1n) is 9.32. The number of nitrogens with zero attached hydrogens (tertiary/aromatic N) is 4. The summed E-state index contributed by atoms with van der Waals surface area (Å²) in [7, 11) is 0. The Morgan fingerprint density at radius 2 is 1.38 bits per heavy atom. The first-order chi connectivity index (χ1) is 11.7. The van der Waals surface area contributed by atoms with Gasteiger partial charge in [0.2, 0.25) is 0 Å². The van der Waals surface area contributed by atoms with Gasteiger partial charge in [-0.1, -0.05) is 13.8 Å². The monoisotopic (exact) mass is 336 g/mol. The van der Waals surface area contributed by atoms with Crippen molar-refractivity contribution in [2.75, 3.05) is 52.4 Å². The third kappa shape index (κ3) is 5.69. The van der Waals surface area contributed by atoms with Crippen molar-refractivity contribution < 1.29 is 4.79 Å². The summed E-state index contributed by atoms with van der Waals surface area (Å²) in [5.41, 5.74) is 0. The fourth-order valence-corrected chi connectivity index (χ4v) is 3.22. The van der Waals surface area contributed by atoms with Gasteiger partial charge in [0.1, 0.15) is 0 Å². The normalized spacial score (nSPS) is 18.1. The fraction of sp³-hybridized carbons (Fsp3) is 0.824. The molecular weight excluding hydrogens is 304 g/mol. The average molecular weight is 336 g/mol. The van der Waals surface area contributed by atoms with Gasteiger partial charge in [0, 0.05) is 65.2 Å². The van der Waals surface area contributed by atoms with Crippen LogP contribution in [0.3, 0.4) is 0 Å². The molecule has 0 spiro atoms. The highest BCUT2D eigenvalue weighted by Gasteiger charge is 2.14. The van der Waals surface area contributed by atoms with E-state index in [0.29, 0.717) is 13.1 Å². The highest BCUT2D eigenvalue weighted by Crippen LogP contribution is 2.05. The molecule has 24 heavy (non-hydrogen) atoms. The number of hydrogen-bond acceptors (Lipinski definition) is 5. The Kier molecular flexibility index (Phi) is 7.85. The lowest BCUT2D eigenvalue weighted by Gasteiger charge is -2.29. The van der Waals surface area contributed by atoms with Crippen molar-refractivity contribution >= 4 is 17.7 Å². The number of aliphatic imine (C=N–C) groups is 2. The van der Waals surface area contributed by atoms with Crippen LogP contribution in [0.4, 0.5) is 4.79 Å². The third-order valence-electron chi connectivity index (χ3n) is 4.46. The molecule has 0 aromatic rings. The number of carbonyl (C=O) groups excluding carboxylic acids is 1. The summed E-state index contributed by atoms with van der Waals surface area (Å²) >= 11 is 0. The zero-order valence-electron chi connectivity index (χ0n) is 15.2. The van der Waals surface area contributed by atoms with Crippen LogP contribution in [0.2, 0.25) is 0 Å². The molecule has 2 amide bonds. The van der Waals surface area contributed by atoms with Crippen LogP contribution in [0.25, 0.3) is 0 Å². The van der Waals surface area contributed by atoms with Crippen molar-refractivity contribution in [1.29, 1.82) is 0 Å². The van der Waals surface area contributed by atoms with E-state index in [1.165, 1.54) is 11.7 Å². The van der Waals surface area contributed by atoms with E-state index >= 15 is 0 Å². The molecule has 0 aromatic heterocycles. The van der Waals surface area contributed by atoms with Gasteiger partial charge in [-0.2, -0.15) is 0 Å². The van der Waals surface area contributed by atoms with E-state index in [0.717, 1.165) is 65.0 Å². The molecule has 136 valence electrons. The van der Waals surface area contributed by atoms with E-state index in [4.69, 9.17) is 0 Å². The minimum absolute atomic E-state index is 0.0889. The molecule has 7 heteroatoms. The van der Waals surface area contributed by atoms with E-state index in [2.05, 4.69) is 44.3 Å². The lowest BCUT2D eigenvalue weighted by molar-refractivity contribution is 0.238. The largest absolute Gasteiger partial charge is 0.359 e. The van der Waals surface area contributed by atoms with Crippen molar-refractivity contribution in [3.05, 3.63) is 0 Å². The number of amides is 2. The van der Waals surface area contributed by atoms with Gasteiger partial charge in [0.25, 0.3) is 0 Å². The smallest absolute Gasteiger partial charge is 0.314 e. The summed E-state index contributed by atoms with van der Waals surface area (Å²) in [5, 5.41) is 5.88. The van der Waals surface area contributed by atoms with Crippen LogP contribution in [0.15, 0.2) is 9.98 Å². The van der Waals surface area contributed by atoms with Gasteiger partial charge in [-0.05, 0) is 12.8 Å². The molecule has 2 N–H and O–H groups in total. The standard InChI is InChI=1S/C17H32N6O/c1-3-15-18-7-5-11-22(15)13-9-20-17(24)21-10-14-23-12-6-8-19-16(23)4-2/h3-14H2,1-2H3,(H2,20,21,24). The Morgan fingerprint density at radius 1 is 0.917 bits per heavy atom. The molecule has 0 aliphatic carbocycles. The maximum Gasteiger partial charge on any atom is 0.314 e. The first kappa shape index (κ1) is 18.5. The zero-order chi connectivity index (χ0) is 17.2. The molecule has 2 aliphatic rings. The lowest BCUT2D eigenvalue weighted by Crippen LogP contribution is -2.46. The van der Waals surface area contributed by atoms with E-state index in [-0.39, 0.29) is 6.03 Å². The van der Waals surface area contributed by atoms with Crippen molar-refractivity contribution in [3.8, 4) is 0 Å². The van der Waals surface area contributed by atoms with Crippen LogP contribution in [0.1, 0.15) is 39.5 Å². The van der Waals surface area contributed by atoms with Crippen LogP contribution >= 0.6 is 0 Å². The SMILES string of the molecule is CCC1=NCCCN1CCNC(=O)NCCN1CCCN=C1CC. The Morgan fingerprint density at radius 3 is 1.79 bits per heavy atom. The van der Waals surface area contributed by atoms with E-state index < -0.39 is 0 Å². The Labute approximate surface area is 145 Å². The molecule has 0 atom stereocenters. The highest BCUT2D eigenvalue weighted by molar-refractivity contribution is 5.83. The lowest BCUT2D eigenvalue weighted by atomic mass is 10.2. The van der Waals surface area contributed by atoms with Gasteiger partial charge in [-0.25, -0.2) is 4.79 Å². The van der Waals surface area contributed by atoms with Crippen LogP contribution in [0.5, 0.6) is 0 Å². The summed E-state index contributed by atoms with van der Waals surface area (Å²) in [6.07, 6.45) is 4.13. The molecule has 2 heterocycles. The van der Waals surface area contributed by atoms with Gasteiger partial charge in [0.15, 0.2) is 0 Å². The molecular formula is C17H32N6O. The van der Waals surface area contributed by atoms with Crippen molar-refractivity contribution in [2.24, 2.45) is 9.98 Å². The molecule has 0 fully saturated rings. The van der Waals surface area contributed by atoms with Crippen molar-refractivity contribution in [2.45, 2.75) is 39.5 Å². The predicted octanol–water partition coefficient (Wildman–Crippen LogP) is 1.31. The Bertz CT molecular complexity index is 422. The molecule has 0 radical (unpaired) electrons. The van der Waals surface area contributed by atoms with E-state index in [9.17, 15) is 4.79 Å². The molecule has 0 unspecified atom stereocenters. The second-order valence-corrected chi connectivity index (χ2v) is 6.17. The van der Waals surface area contributed by atoms with Crippen molar-refractivity contribution in [3.63, 3.8) is 0 Å². The molecule has 0 aromatic carbocycles. The van der Waals surface area contributed by atoms with E-state index in [1.807, 2.05) is 0 Å². The summed E-state index contributed by atoms with van der Waals surface area (Å²) in [5.74, 6) is 2.33. The highest BCUT2D eigenvalue weighted by atomic mass is 16.2. The summed E-state index contributed by atoms with van der Waals surface area (Å²) < 4.78 is 0. The first-order valence-corrected chi connectivity index (χ1v) is 9.32. The minimum atomic E-state index is -0.0889. The van der Waals surface area contributed by atoms with Crippen molar-refractivity contribution in [1.82, 2.24) is 20.4 Å². The zero-order valence-corrected chi connectivity index (χ0v) is 15.2. The topological polar surface area (TPSA) is 72.3 Å². The molecule has 2 rings (SSSR count). The quantitative estimate of drug-likeness (QED) is 0.702. The molecule has 0 bridgehead atoms. The fourth-order valence-electron chi connectivity index (χ4n) is 3.22. The molecule has 2 aliphatic heterocycles. The minimum Gasteiger partial charge on any atom is -0.359 e. The van der Waals surface area contributed by atoms with Crippen LogP contribution in [-0.2, 0) is 0 Å². The number of amidine groups is 2. The number of urea groups is 1. The van der Waals surface area contributed by atoms with Gasteiger partial charge in [-0.3, -0.25) is 9.98 Å². The predicted molar refractivity (Wildman–Crippen MR) is 99.0 cm³/mol. The Hall–Kier alpha value is -1.79. The summed E-state index contributed by atoms with van der Waals surface area (Å²) in [6, 6.07) is -0.0889. The van der Waals surface area contributed by atoms with E-state index in [1.54, 1.807) is 0 Å². The molecule has 7 nitrogen and oxygen atoms in total.